The number of carbonyl (C=O) groups excluding carboxylic acids is 1. The largest absolute Gasteiger partial charge is 0.466 e. The van der Waals surface area contributed by atoms with Crippen LogP contribution in [0.1, 0.15) is 26.2 Å². The van der Waals surface area contributed by atoms with Gasteiger partial charge in [-0.25, -0.2) is 4.98 Å². The normalized spacial score (nSPS) is 18.9. The smallest absolute Gasteiger partial charge is 0.443 e. The molecule has 0 radical (unpaired) electrons. The van der Waals surface area contributed by atoms with Crippen molar-refractivity contribution >= 4 is 29.2 Å². The molecule has 0 bridgehead atoms. The number of thioether (sulfide) groups is 1. The zero-order chi connectivity index (χ0) is 23.3. The predicted molar refractivity (Wildman–Crippen MR) is 109 cm³/mol. The lowest BCUT2D eigenvalue weighted by molar-refractivity contribution is -0.385. The molecule has 0 N–H and O–H groups in total. The number of rotatable bonds is 7. The van der Waals surface area contributed by atoms with Gasteiger partial charge in [0.05, 0.1) is 22.7 Å². The van der Waals surface area contributed by atoms with Crippen molar-refractivity contribution in [1.29, 1.82) is 0 Å². The lowest BCUT2D eigenvalue weighted by Gasteiger charge is -2.31. The first-order valence-electron chi connectivity index (χ1n) is 9.73. The second-order valence-electron chi connectivity index (χ2n) is 6.85. The number of nitro groups is 1. The lowest BCUT2D eigenvalue weighted by atomic mass is 9.97. The Morgan fingerprint density at radius 1 is 1.38 bits per heavy atom. The third-order valence-corrected chi connectivity index (χ3v) is 5.58. The van der Waals surface area contributed by atoms with Gasteiger partial charge in [-0.3, -0.25) is 14.9 Å². The van der Waals surface area contributed by atoms with E-state index in [1.165, 1.54) is 6.08 Å². The Labute approximate surface area is 185 Å². The summed E-state index contributed by atoms with van der Waals surface area (Å²) in [5.41, 5.74) is -4.89. The molecular formula is C19H19F3N4O5S. The van der Waals surface area contributed by atoms with Crippen LogP contribution in [0.15, 0.2) is 18.2 Å². The monoisotopic (exact) mass is 472 g/mol. The van der Waals surface area contributed by atoms with Gasteiger partial charge < -0.3 is 14.4 Å². The maximum atomic E-state index is 12.5. The van der Waals surface area contributed by atoms with Gasteiger partial charge in [-0.1, -0.05) is 5.92 Å². The molecule has 0 saturated carbocycles. The van der Waals surface area contributed by atoms with Gasteiger partial charge in [-0.05, 0) is 49.9 Å². The van der Waals surface area contributed by atoms with Gasteiger partial charge in [0, 0.05) is 13.1 Å². The van der Waals surface area contributed by atoms with E-state index >= 15 is 0 Å². The first kappa shape index (κ1) is 23.6. The third kappa shape index (κ3) is 6.03. The zero-order valence-corrected chi connectivity index (χ0v) is 17.7. The van der Waals surface area contributed by atoms with Gasteiger partial charge in [0.2, 0.25) is 5.82 Å². The molecule has 0 spiro atoms. The van der Waals surface area contributed by atoms with E-state index in [1.807, 2.05) is 0 Å². The predicted octanol–water partition coefficient (Wildman–Crippen LogP) is 3.46. The lowest BCUT2D eigenvalue weighted by Crippen LogP contribution is -2.37. The fourth-order valence-corrected chi connectivity index (χ4v) is 3.93. The minimum atomic E-state index is -4.41. The van der Waals surface area contributed by atoms with Crippen molar-refractivity contribution in [2.24, 2.45) is 5.92 Å². The molecule has 1 aromatic heterocycles. The molecule has 13 heteroatoms. The summed E-state index contributed by atoms with van der Waals surface area (Å²) >= 11 is -0.227. The number of esters is 1. The molecule has 1 fully saturated rings. The maximum Gasteiger partial charge on any atom is 0.443 e. The first-order chi connectivity index (χ1) is 15.2. The van der Waals surface area contributed by atoms with Crippen molar-refractivity contribution < 1.29 is 32.4 Å². The molecule has 1 aliphatic heterocycles. The van der Waals surface area contributed by atoms with Gasteiger partial charge in [-0.15, -0.1) is 0 Å². The summed E-state index contributed by atoms with van der Waals surface area (Å²) < 4.78 is 47.9. The van der Waals surface area contributed by atoms with Gasteiger partial charge >= 0.3 is 23.0 Å². The number of ether oxygens (including phenoxy) is 2. The Morgan fingerprint density at radius 2 is 2.09 bits per heavy atom. The van der Waals surface area contributed by atoms with Crippen LogP contribution in [0.2, 0.25) is 0 Å². The average molecular weight is 472 g/mol. The summed E-state index contributed by atoms with van der Waals surface area (Å²) in [5.74, 6) is 3.98. The van der Waals surface area contributed by atoms with Gasteiger partial charge in [-0.2, -0.15) is 18.2 Å². The van der Waals surface area contributed by atoms with E-state index in [-0.39, 0.29) is 54.1 Å². The number of nitrogens with zero attached hydrogens (tertiary/aromatic N) is 4. The summed E-state index contributed by atoms with van der Waals surface area (Å²) in [4.78, 5) is 32.5. The number of aromatic nitrogens is 2. The summed E-state index contributed by atoms with van der Waals surface area (Å²) in [7, 11) is 0. The highest BCUT2D eigenvalue weighted by atomic mass is 32.2. The van der Waals surface area contributed by atoms with E-state index in [0.29, 0.717) is 25.9 Å². The maximum absolute atomic E-state index is 12.5. The van der Waals surface area contributed by atoms with Gasteiger partial charge in [0.25, 0.3) is 0 Å². The number of anilines is 1. The SMILES string of the molecule is CCOC(=O)C1CCN(c2ncnc(OC3=CCC(SC(F)(F)F)C#C3)c2[N+](=O)[O-])CC1. The zero-order valence-electron chi connectivity index (χ0n) is 16.9. The van der Waals surface area contributed by atoms with Crippen molar-refractivity contribution in [1.82, 2.24) is 9.97 Å². The molecule has 32 heavy (non-hydrogen) atoms. The van der Waals surface area contributed by atoms with E-state index in [1.54, 1.807) is 11.8 Å². The van der Waals surface area contributed by atoms with E-state index in [2.05, 4.69) is 21.8 Å². The molecule has 172 valence electrons. The molecule has 9 nitrogen and oxygen atoms in total. The summed E-state index contributed by atoms with van der Waals surface area (Å²) in [6.07, 6.45) is 3.32. The highest BCUT2D eigenvalue weighted by Gasteiger charge is 2.34. The van der Waals surface area contributed by atoms with Crippen molar-refractivity contribution in [2.45, 2.75) is 36.9 Å². The van der Waals surface area contributed by atoms with Crippen LogP contribution < -0.4 is 9.64 Å². The van der Waals surface area contributed by atoms with Crippen LogP contribution in [0.4, 0.5) is 24.7 Å². The Balaban J connectivity index is 1.74. The number of piperidine rings is 1. The van der Waals surface area contributed by atoms with Gasteiger partial charge in [0.15, 0.2) is 5.76 Å². The minimum absolute atomic E-state index is 0.0159. The molecule has 3 rings (SSSR count). The summed E-state index contributed by atoms with van der Waals surface area (Å²) in [6, 6.07) is 0. The number of allylic oxidation sites excluding steroid dienone is 2. The van der Waals surface area contributed by atoms with E-state index in [4.69, 9.17) is 9.47 Å². The van der Waals surface area contributed by atoms with E-state index in [0.717, 1.165) is 6.33 Å². The van der Waals surface area contributed by atoms with Crippen molar-refractivity contribution in [3.8, 4) is 17.7 Å². The fourth-order valence-electron chi connectivity index (χ4n) is 3.29. The molecule has 2 heterocycles. The van der Waals surface area contributed by atoms with E-state index in [9.17, 15) is 28.1 Å². The van der Waals surface area contributed by atoms with E-state index < -0.39 is 21.4 Å². The van der Waals surface area contributed by atoms with Crippen LogP contribution in [0.25, 0.3) is 0 Å². The van der Waals surface area contributed by atoms with Crippen LogP contribution in [0.3, 0.4) is 0 Å². The fraction of sp³-hybridized carbons (Fsp3) is 0.526. The highest BCUT2D eigenvalue weighted by Crippen LogP contribution is 2.38. The molecule has 1 aliphatic carbocycles. The van der Waals surface area contributed by atoms with Crippen molar-refractivity contribution in [3.05, 3.63) is 28.3 Å². The van der Waals surface area contributed by atoms with Crippen molar-refractivity contribution in [3.63, 3.8) is 0 Å². The number of alkyl halides is 3. The summed E-state index contributed by atoms with van der Waals surface area (Å²) in [5, 5.41) is 10.8. The second-order valence-corrected chi connectivity index (χ2v) is 8.12. The van der Waals surface area contributed by atoms with Gasteiger partial charge in [0.1, 0.15) is 6.33 Å². The molecule has 1 saturated heterocycles. The van der Waals surface area contributed by atoms with Crippen LogP contribution in [0.5, 0.6) is 5.88 Å². The second kappa shape index (κ2) is 10.1. The number of hydrogen-bond donors (Lipinski definition) is 0. The standard InChI is InChI=1S/C19H19F3N4O5S/c1-2-30-18(27)12-7-9-25(10-8-12)16-15(26(28)29)17(24-11-23-16)31-13-3-5-14(6-4-13)32-19(20,21)22/h3,11-12,14H,2,5,7-10H2,1H3. The van der Waals surface area contributed by atoms with Crippen LogP contribution in [0, 0.1) is 27.9 Å². The highest BCUT2D eigenvalue weighted by molar-refractivity contribution is 8.01. The molecule has 2 aliphatic rings. The molecule has 1 atom stereocenters. The van der Waals surface area contributed by atoms with Crippen LogP contribution in [-0.4, -0.2) is 51.3 Å². The molecule has 0 aromatic carbocycles. The Morgan fingerprint density at radius 3 is 2.66 bits per heavy atom. The van der Waals surface area contributed by atoms with Crippen molar-refractivity contribution in [2.75, 3.05) is 24.6 Å². The Hall–Kier alpha value is -3.01. The topological polar surface area (TPSA) is 108 Å². The quantitative estimate of drug-likeness (QED) is 0.255. The van der Waals surface area contributed by atoms with Crippen LogP contribution >= 0.6 is 11.8 Å². The Kier molecular flexibility index (Phi) is 7.44. The molecule has 1 unspecified atom stereocenters. The molecule has 0 amide bonds. The molecule has 1 aromatic rings. The molecular weight excluding hydrogens is 453 g/mol. The number of halogens is 3. The van der Waals surface area contributed by atoms with Crippen LogP contribution in [-0.2, 0) is 9.53 Å². The average Bonchev–Trinajstić information content (AvgIpc) is 2.74. The Bertz CT molecular complexity index is 968. The summed E-state index contributed by atoms with van der Waals surface area (Å²) in [6.45, 7) is 2.70. The first-order valence-corrected chi connectivity index (χ1v) is 10.6. The minimum Gasteiger partial charge on any atom is -0.466 e. The third-order valence-electron chi connectivity index (χ3n) is 4.72. The number of carbonyl (C=O) groups is 1. The number of hydrogen-bond acceptors (Lipinski definition) is 9.